The van der Waals surface area contributed by atoms with Crippen molar-refractivity contribution in [3.63, 3.8) is 0 Å². The highest BCUT2D eigenvalue weighted by atomic mass is 16.3. The van der Waals surface area contributed by atoms with Crippen LogP contribution < -0.4 is 0 Å². The third kappa shape index (κ3) is 4.50. The predicted molar refractivity (Wildman–Crippen MR) is 182 cm³/mol. The molecule has 9 rings (SSSR count). The van der Waals surface area contributed by atoms with Crippen LogP contribution in [0.3, 0.4) is 0 Å². The van der Waals surface area contributed by atoms with Gasteiger partial charge >= 0.3 is 0 Å². The number of pyridine rings is 1. The molecule has 0 saturated heterocycles. The number of rotatable bonds is 4. The van der Waals surface area contributed by atoms with E-state index in [1.54, 1.807) is 0 Å². The van der Waals surface area contributed by atoms with Crippen molar-refractivity contribution in [3.05, 3.63) is 146 Å². The second kappa shape index (κ2) is 10.2. The molecule has 0 N–H and O–H groups in total. The van der Waals surface area contributed by atoms with Gasteiger partial charge in [0.15, 0.2) is 17.5 Å². The van der Waals surface area contributed by atoms with Crippen molar-refractivity contribution >= 4 is 43.5 Å². The minimum absolute atomic E-state index is 0.611. The van der Waals surface area contributed by atoms with E-state index in [4.69, 9.17) is 24.4 Å². The zero-order chi connectivity index (χ0) is 29.7. The first kappa shape index (κ1) is 25.3. The molecule has 0 unspecified atom stereocenters. The Morgan fingerprint density at radius 3 is 1.84 bits per heavy atom. The molecule has 0 aliphatic carbocycles. The van der Waals surface area contributed by atoms with Crippen molar-refractivity contribution in [2.24, 2.45) is 0 Å². The standard InChI is InChI=1S/C40H24N4O/c1-2-8-26(9-3-1)38-42-39(44-40(43-38)30-18-19-37-34(22-30)33-12-6-7-13-36(33)45-37)29-17-15-25-14-16-28(20-32(25)21-29)35-23-27-10-4-5-11-31(27)24-41-35/h1-24H. The van der Waals surface area contributed by atoms with E-state index in [2.05, 4.69) is 72.8 Å². The van der Waals surface area contributed by atoms with Gasteiger partial charge < -0.3 is 4.42 Å². The maximum atomic E-state index is 6.08. The summed E-state index contributed by atoms with van der Waals surface area (Å²) in [5.74, 6) is 1.86. The molecule has 210 valence electrons. The third-order valence-corrected chi connectivity index (χ3v) is 8.33. The van der Waals surface area contributed by atoms with Gasteiger partial charge in [0, 0.05) is 44.6 Å². The maximum Gasteiger partial charge on any atom is 0.164 e. The fourth-order valence-electron chi connectivity index (χ4n) is 6.00. The molecule has 0 spiro atoms. The van der Waals surface area contributed by atoms with Crippen LogP contribution in [0.1, 0.15) is 0 Å². The Bertz CT molecular complexity index is 2550. The van der Waals surface area contributed by atoms with Crippen molar-refractivity contribution in [2.45, 2.75) is 0 Å². The first-order valence-electron chi connectivity index (χ1n) is 14.9. The average molecular weight is 577 g/mol. The second-order valence-corrected chi connectivity index (χ2v) is 11.2. The van der Waals surface area contributed by atoms with Gasteiger partial charge in [0.1, 0.15) is 11.2 Å². The number of hydrogen-bond acceptors (Lipinski definition) is 5. The molecule has 0 saturated carbocycles. The number of nitrogens with zero attached hydrogens (tertiary/aromatic N) is 4. The molecule has 0 aliphatic heterocycles. The lowest BCUT2D eigenvalue weighted by Gasteiger charge is -2.10. The van der Waals surface area contributed by atoms with Gasteiger partial charge in [-0.3, -0.25) is 4.98 Å². The van der Waals surface area contributed by atoms with Crippen LogP contribution in [0, 0.1) is 0 Å². The Morgan fingerprint density at radius 2 is 1.00 bits per heavy atom. The van der Waals surface area contributed by atoms with E-state index in [-0.39, 0.29) is 0 Å². The van der Waals surface area contributed by atoms with Crippen LogP contribution in [0.15, 0.2) is 150 Å². The van der Waals surface area contributed by atoms with E-state index >= 15 is 0 Å². The normalized spacial score (nSPS) is 11.6. The Balaban J connectivity index is 1.19. The van der Waals surface area contributed by atoms with Gasteiger partial charge in [-0.1, -0.05) is 97.1 Å². The summed E-state index contributed by atoms with van der Waals surface area (Å²) in [5, 5.41) is 6.63. The summed E-state index contributed by atoms with van der Waals surface area (Å²) in [4.78, 5) is 19.7. The maximum absolute atomic E-state index is 6.08. The van der Waals surface area contributed by atoms with E-state index in [9.17, 15) is 0 Å². The lowest BCUT2D eigenvalue weighted by atomic mass is 10.0. The summed E-state index contributed by atoms with van der Waals surface area (Å²) in [7, 11) is 0. The van der Waals surface area contributed by atoms with Crippen LogP contribution in [0.2, 0.25) is 0 Å². The molecule has 5 heteroatoms. The summed E-state index contributed by atoms with van der Waals surface area (Å²) in [6, 6.07) is 47.5. The number of fused-ring (bicyclic) bond motifs is 5. The molecule has 0 fully saturated rings. The highest BCUT2D eigenvalue weighted by molar-refractivity contribution is 6.06. The minimum atomic E-state index is 0.611. The molecule has 0 amide bonds. The number of aromatic nitrogens is 4. The summed E-state index contributed by atoms with van der Waals surface area (Å²) in [5.41, 5.74) is 6.46. The van der Waals surface area contributed by atoms with Gasteiger partial charge in [-0.25, -0.2) is 15.0 Å². The van der Waals surface area contributed by atoms with Gasteiger partial charge in [0.05, 0.1) is 5.69 Å². The van der Waals surface area contributed by atoms with Gasteiger partial charge in [-0.05, 0) is 58.6 Å². The molecule has 3 heterocycles. The topological polar surface area (TPSA) is 64.7 Å². The molecular formula is C40H24N4O. The molecule has 45 heavy (non-hydrogen) atoms. The van der Waals surface area contributed by atoms with Crippen LogP contribution in [0.5, 0.6) is 0 Å². The highest BCUT2D eigenvalue weighted by Gasteiger charge is 2.15. The Kier molecular flexibility index (Phi) is 5.74. The minimum Gasteiger partial charge on any atom is -0.456 e. The number of hydrogen-bond donors (Lipinski definition) is 0. The van der Waals surface area contributed by atoms with Crippen LogP contribution >= 0.6 is 0 Å². The number of benzene rings is 6. The third-order valence-electron chi connectivity index (χ3n) is 8.33. The molecule has 6 aromatic carbocycles. The average Bonchev–Trinajstić information content (AvgIpc) is 3.49. The zero-order valence-corrected chi connectivity index (χ0v) is 24.1. The van der Waals surface area contributed by atoms with Crippen LogP contribution in [0.25, 0.3) is 88.9 Å². The van der Waals surface area contributed by atoms with Gasteiger partial charge in [0.2, 0.25) is 0 Å². The van der Waals surface area contributed by atoms with Crippen LogP contribution in [-0.4, -0.2) is 19.9 Å². The van der Waals surface area contributed by atoms with Crippen LogP contribution in [-0.2, 0) is 0 Å². The monoisotopic (exact) mass is 576 g/mol. The fraction of sp³-hybridized carbons (Fsp3) is 0. The van der Waals surface area contributed by atoms with Crippen molar-refractivity contribution in [1.82, 2.24) is 19.9 Å². The summed E-state index contributed by atoms with van der Waals surface area (Å²) < 4.78 is 6.08. The van der Waals surface area contributed by atoms with E-state index in [0.29, 0.717) is 17.5 Å². The van der Waals surface area contributed by atoms with E-state index < -0.39 is 0 Å². The molecule has 0 aliphatic rings. The number of para-hydroxylation sites is 1. The largest absolute Gasteiger partial charge is 0.456 e. The first-order valence-corrected chi connectivity index (χ1v) is 14.9. The Hall–Kier alpha value is -6.20. The summed E-state index contributed by atoms with van der Waals surface area (Å²) >= 11 is 0. The Labute approximate surface area is 258 Å². The first-order chi connectivity index (χ1) is 22.2. The SMILES string of the molecule is c1ccc(-c2nc(-c3ccc4ccc(-c5cc6ccccc6cn5)cc4c3)nc(-c3ccc4oc5ccccc5c4c3)n2)cc1. The second-order valence-electron chi connectivity index (χ2n) is 11.2. The molecule has 9 aromatic rings. The van der Waals surface area contributed by atoms with Gasteiger partial charge in [-0.2, -0.15) is 0 Å². The zero-order valence-electron chi connectivity index (χ0n) is 24.1. The molecule has 5 nitrogen and oxygen atoms in total. The molecule has 0 atom stereocenters. The summed E-state index contributed by atoms with van der Waals surface area (Å²) in [6.07, 6.45) is 1.94. The fourth-order valence-corrected chi connectivity index (χ4v) is 6.00. The smallest absolute Gasteiger partial charge is 0.164 e. The van der Waals surface area contributed by atoms with E-state index in [0.717, 1.165) is 66.0 Å². The molecule has 0 radical (unpaired) electrons. The molecular weight excluding hydrogens is 552 g/mol. The molecule has 0 bridgehead atoms. The van der Waals surface area contributed by atoms with Crippen molar-refractivity contribution in [1.29, 1.82) is 0 Å². The Morgan fingerprint density at radius 1 is 0.378 bits per heavy atom. The lowest BCUT2D eigenvalue weighted by Crippen LogP contribution is -2.00. The van der Waals surface area contributed by atoms with Gasteiger partial charge in [0.25, 0.3) is 0 Å². The van der Waals surface area contributed by atoms with E-state index in [1.165, 1.54) is 5.39 Å². The van der Waals surface area contributed by atoms with Crippen LogP contribution in [0.4, 0.5) is 0 Å². The summed E-state index contributed by atoms with van der Waals surface area (Å²) in [6.45, 7) is 0. The van der Waals surface area contributed by atoms with E-state index in [1.807, 2.05) is 72.9 Å². The van der Waals surface area contributed by atoms with Crippen molar-refractivity contribution in [3.8, 4) is 45.4 Å². The quantitative estimate of drug-likeness (QED) is 0.209. The predicted octanol–water partition coefficient (Wildman–Crippen LogP) is 10.1. The lowest BCUT2D eigenvalue weighted by molar-refractivity contribution is 0.669. The number of furan rings is 1. The van der Waals surface area contributed by atoms with Gasteiger partial charge in [-0.15, -0.1) is 0 Å². The van der Waals surface area contributed by atoms with Crippen molar-refractivity contribution in [2.75, 3.05) is 0 Å². The highest BCUT2D eigenvalue weighted by Crippen LogP contribution is 2.33. The molecule has 3 aromatic heterocycles. The van der Waals surface area contributed by atoms with Crippen molar-refractivity contribution < 1.29 is 4.42 Å².